The molecule has 1 heterocycles. The lowest BCUT2D eigenvalue weighted by Gasteiger charge is -2.41. The molecule has 5 atom stereocenters. The molecule has 0 spiro atoms. The van der Waals surface area contributed by atoms with Crippen LogP contribution in [0.2, 0.25) is 0 Å². The largest absolute Gasteiger partial charge is 0.455 e. The van der Waals surface area contributed by atoms with Crippen molar-refractivity contribution < 1.29 is 19.4 Å². The van der Waals surface area contributed by atoms with Gasteiger partial charge in [0.25, 0.3) is 0 Å². The number of hydrogen-bond acceptors (Lipinski definition) is 6. The molecule has 27 heavy (non-hydrogen) atoms. The van der Waals surface area contributed by atoms with Crippen LogP contribution in [0.15, 0.2) is 70.7 Å². The van der Waals surface area contributed by atoms with E-state index in [4.69, 9.17) is 15.0 Å². The third-order valence-electron chi connectivity index (χ3n) is 4.21. The molecule has 140 valence electrons. The molecule has 0 aliphatic carbocycles. The van der Waals surface area contributed by atoms with Crippen LogP contribution >= 0.6 is 11.8 Å². The van der Waals surface area contributed by atoms with E-state index >= 15 is 0 Å². The van der Waals surface area contributed by atoms with E-state index in [1.807, 2.05) is 30.3 Å². The van der Waals surface area contributed by atoms with Crippen molar-refractivity contribution in [2.45, 2.75) is 41.6 Å². The van der Waals surface area contributed by atoms with Gasteiger partial charge in [-0.1, -0.05) is 53.3 Å². The monoisotopic (exact) mass is 385 g/mol. The molecular formula is C19H19N3O4S. The Bertz CT molecular complexity index is 814. The summed E-state index contributed by atoms with van der Waals surface area (Å²) in [4.78, 5) is 16.2. The first-order valence-electron chi connectivity index (χ1n) is 8.45. The summed E-state index contributed by atoms with van der Waals surface area (Å²) in [6, 6.07) is 17.1. The highest BCUT2D eigenvalue weighted by Gasteiger charge is 2.46. The van der Waals surface area contributed by atoms with Gasteiger partial charge in [-0.15, -0.1) is 0 Å². The van der Waals surface area contributed by atoms with E-state index in [0.29, 0.717) is 5.56 Å². The summed E-state index contributed by atoms with van der Waals surface area (Å²) in [7, 11) is 0. The zero-order valence-corrected chi connectivity index (χ0v) is 15.4. The van der Waals surface area contributed by atoms with Crippen LogP contribution in [0, 0.1) is 0 Å². The Morgan fingerprint density at radius 3 is 2.44 bits per heavy atom. The van der Waals surface area contributed by atoms with E-state index in [9.17, 15) is 9.90 Å². The van der Waals surface area contributed by atoms with Gasteiger partial charge in [-0.3, -0.25) is 0 Å². The predicted molar refractivity (Wildman–Crippen MR) is 101 cm³/mol. The summed E-state index contributed by atoms with van der Waals surface area (Å²) in [6.07, 6.45) is -2.70. The molecule has 0 amide bonds. The summed E-state index contributed by atoms with van der Waals surface area (Å²) >= 11 is 1.32. The van der Waals surface area contributed by atoms with E-state index < -0.39 is 35.8 Å². The summed E-state index contributed by atoms with van der Waals surface area (Å²) in [5, 5.41) is 14.5. The second kappa shape index (κ2) is 8.92. The number of ether oxygens (including phenoxy) is 2. The number of rotatable bonds is 5. The van der Waals surface area contributed by atoms with Gasteiger partial charge in [-0.05, 0) is 36.7 Å². The number of aliphatic hydroxyl groups excluding tert-OH is 1. The normalized spacial score (nSPS) is 27.4. The molecule has 1 aliphatic rings. The number of thioether (sulfide) groups is 1. The number of aliphatic hydroxyl groups is 1. The maximum Gasteiger partial charge on any atom is 0.338 e. The summed E-state index contributed by atoms with van der Waals surface area (Å²) in [6.45, 7) is 1.73. The summed E-state index contributed by atoms with van der Waals surface area (Å²) in [5.74, 6) is -0.588. The second-order valence-corrected chi connectivity index (χ2v) is 7.23. The third kappa shape index (κ3) is 4.61. The number of esters is 1. The Balaban J connectivity index is 1.82. The Morgan fingerprint density at radius 2 is 1.81 bits per heavy atom. The first-order valence-corrected chi connectivity index (χ1v) is 9.33. The zero-order valence-electron chi connectivity index (χ0n) is 14.6. The number of azide groups is 1. The van der Waals surface area contributed by atoms with Crippen molar-refractivity contribution in [3.05, 3.63) is 76.7 Å². The minimum absolute atomic E-state index is 0.357. The highest BCUT2D eigenvalue weighted by Crippen LogP contribution is 2.35. The van der Waals surface area contributed by atoms with Gasteiger partial charge in [0.2, 0.25) is 0 Å². The first-order chi connectivity index (χ1) is 13.1. The Kier molecular flexibility index (Phi) is 6.36. The Morgan fingerprint density at radius 1 is 1.19 bits per heavy atom. The highest BCUT2D eigenvalue weighted by molar-refractivity contribution is 7.99. The lowest BCUT2D eigenvalue weighted by molar-refractivity contribution is -0.144. The molecule has 0 radical (unpaired) electrons. The number of hydrogen-bond donors (Lipinski definition) is 1. The molecule has 2 aromatic rings. The van der Waals surface area contributed by atoms with Crippen molar-refractivity contribution in [3.8, 4) is 0 Å². The molecule has 1 fully saturated rings. The van der Waals surface area contributed by atoms with Gasteiger partial charge in [0, 0.05) is 9.81 Å². The second-order valence-electron chi connectivity index (χ2n) is 6.06. The van der Waals surface area contributed by atoms with Crippen LogP contribution in [0.4, 0.5) is 0 Å². The zero-order chi connectivity index (χ0) is 19.2. The molecule has 3 rings (SSSR count). The van der Waals surface area contributed by atoms with Crippen LogP contribution in [0.3, 0.4) is 0 Å². The van der Waals surface area contributed by atoms with Gasteiger partial charge < -0.3 is 14.6 Å². The molecule has 1 saturated heterocycles. The topological polar surface area (TPSA) is 105 Å². The molecule has 0 aromatic heterocycles. The van der Waals surface area contributed by atoms with Crippen LogP contribution in [-0.4, -0.2) is 40.9 Å². The van der Waals surface area contributed by atoms with E-state index in [0.717, 1.165) is 4.90 Å². The van der Waals surface area contributed by atoms with Crippen molar-refractivity contribution >= 4 is 17.7 Å². The standard InChI is InChI=1S/C19H19N3O4S/c1-12-15(21-22-20)17(26-18(24)13-8-4-2-5-9-13)16(23)19(25-12)27-14-10-6-3-7-11-14/h2-12,15-17,19,23H,1H3/t12-,15-,16-,17+,19+/m0/s1. The fraction of sp³-hybridized carbons (Fsp3) is 0.316. The van der Waals surface area contributed by atoms with Crippen LogP contribution in [0.1, 0.15) is 17.3 Å². The SMILES string of the molecule is C[C@@H]1O[C@H](Sc2ccccc2)[C@@H](O)[C@H](OC(=O)c2ccccc2)[C@H]1N=[N+]=[N-]. The third-order valence-corrected chi connectivity index (χ3v) is 5.38. The van der Waals surface area contributed by atoms with Crippen LogP contribution in [0.5, 0.6) is 0 Å². The molecule has 0 saturated carbocycles. The van der Waals surface area contributed by atoms with Gasteiger partial charge in [0.15, 0.2) is 0 Å². The van der Waals surface area contributed by atoms with Crippen LogP contribution < -0.4 is 0 Å². The Labute approximate surface area is 160 Å². The van der Waals surface area contributed by atoms with Gasteiger partial charge in [0.1, 0.15) is 23.7 Å². The minimum Gasteiger partial charge on any atom is -0.455 e. The number of carbonyl (C=O) groups excluding carboxylic acids is 1. The average molecular weight is 385 g/mol. The smallest absolute Gasteiger partial charge is 0.338 e. The molecule has 0 unspecified atom stereocenters. The van der Waals surface area contributed by atoms with Crippen molar-refractivity contribution in [2.75, 3.05) is 0 Å². The van der Waals surface area contributed by atoms with Crippen molar-refractivity contribution in [1.82, 2.24) is 0 Å². The van der Waals surface area contributed by atoms with E-state index in [2.05, 4.69) is 10.0 Å². The lowest BCUT2D eigenvalue weighted by Crippen LogP contribution is -2.56. The molecule has 7 nitrogen and oxygen atoms in total. The maximum absolute atomic E-state index is 12.5. The molecule has 0 bridgehead atoms. The van der Waals surface area contributed by atoms with Gasteiger partial charge in [-0.25, -0.2) is 4.79 Å². The van der Waals surface area contributed by atoms with E-state index in [1.54, 1.807) is 37.3 Å². The average Bonchev–Trinajstić information content (AvgIpc) is 2.70. The highest BCUT2D eigenvalue weighted by atomic mass is 32.2. The van der Waals surface area contributed by atoms with Crippen molar-refractivity contribution in [2.24, 2.45) is 5.11 Å². The summed E-state index contributed by atoms with van der Waals surface area (Å²) in [5.41, 5.74) is 8.56. The first kappa shape index (κ1) is 19.3. The molecule has 1 aliphatic heterocycles. The molecule has 8 heteroatoms. The molecule has 2 aromatic carbocycles. The van der Waals surface area contributed by atoms with Crippen LogP contribution in [-0.2, 0) is 9.47 Å². The number of carbonyl (C=O) groups is 1. The van der Waals surface area contributed by atoms with E-state index in [-0.39, 0.29) is 0 Å². The lowest BCUT2D eigenvalue weighted by atomic mass is 9.98. The van der Waals surface area contributed by atoms with Gasteiger partial charge >= 0.3 is 5.97 Å². The fourth-order valence-electron chi connectivity index (χ4n) is 2.85. The predicted octanol–water partition coefficient (Wildman–Crippen LogP) is 3.79. The van der Waals surface area contributed by atoms with Gasteiger partial charge in [-0.2, -0.15) is 0 Å². The summed E-state index contributed by atoms with van der Waals surface area (Å²) < 4.78 is 11.4. The quantitative estimate of drug-likeness (QED) is 0.365. The minimum atomic E-state index is -1.16. The van der Waals surface area contributed by atoms with Crippen molar-refractivity contribution in [1.29, 1.82) is 0 Å². The molecular weight excluding hydrogens is 366 g/mol. The number of benzene rings is 2. The molecule has 1 N–H and O–H groups in total. The van der Waals surface area contributed by atoms with E-state index in [1.165, 1.54) is 11.8 Å². The maximum atomic E-state index is 12.5. The van der Waals surface area contributed by atoms with Gasteiger partial charge in [0.05, 0.1) is 11.7 Å². The van der Waals surface area contributed by atoms with Crippen molar-refractivity contribution in [3.63, 3.8) is 0 Å². The fourth-order valence-corrected chi connectivity index (χ4v) is 3.96. The number of nitrogens with zero attached hydrogens (tertiary/aromatic N) is 3. The van der Waals surface area contributed by atoms with Crippen LogP contribution in [0.25, 0.3) is 10.4 Å². The Hall–Kier alpha value is -2.51.